The molecule has 1 amide bonds. The summed E-state index contributed by atoms with van der Waals surface area (Å²) >= 11 is 4.80. The molecule has 0 saturated carbocycles. The van der Waals surface area contributed by atoms with Gasteiger partial charge in [-0.05, 0) is 36.4 Å². The Bertz CT molecular complexity index is 651. The maximum atomic E-state index is 13.4. The van der Waals surface area contributed by atoms with E-state index in [1.54, 1.807) is 24.3 Å². The molecule has 0 saturated heterocycles. The van der Waals surface area contributed by atoms with Gasteiger partial charge in [-0.15, -0.1) is 0 Å². The smallest absolute Gasteiger partial charge is 0.261 e. The molecule has 3 N–H and O–H groups in total. The number of carbonyl (C=O) groups is 1. The first-order valence-electron chi connectivity index (χ1n) is 5.64. The molecule has 102 valence electrons. The number of rotatable bonds is 3. The minimum absolute atomic E-state index is 0.225. The van der Waals surface area contributed by atoms with E-state index in [2.05, 4.69) is 5.32 Å². The van der Waals surface area contributed by atoms with Crippen LogP contribution in [0.5, 0.6) is 0 Å². The molecule has 2 aromatic carbocycles. The Labute approximate surface area is 119 Å². The number of amides is 1. The minimum atomic E-state index is -0.915. The summed E-state index contributed by atoms with van der Waals surface area (Å²) in [6.07, 6.45) is 0. The Morgan fingerprint density at radius 2 is 1.60 bits per heavy atom. The van der Waals surface area contributed by atoms with E-state index in [0.717, 1.165) is 12.1 Å². The Morgan fingerprint density at radius 1 is 1.05 bits per heavy atom. The highest BCUT2D eigenvalue weighted by Crippen LogP contribution is 2.15. The highest BCUT2D eigenvalue weighted by molar-refractivity contribution is 7.80. The van der Waals surface area contributed by atoms with Gasteiger partial charge in [-0.25, -0.2) is 8.78 Å². The van der Waals surface area contributed by atoms with Crippen molar-refractivity contribution in [3.8, 4) is 0 Å². The van der Waals surface area contributed by atoms with Crippen molar-refractivity contribution in [1.82, 2.24) is 0 Å². The van der Waals surface area contributed by atoms with Crippen molar-refractivity contribution in [2.75, 3.05) is 5.32 Å². The maximum absolute atomic E-state index is 13.4. The lowest BCUT2D eigenvalue weighted by molar-refractivity contribution is 0.101. The molecular weight excluding hydrogens is 282 g/mol. The molecule has 0 radical (unpaired) electrons. The van der Waals surface area contributed by atoms with Crippen molar-refractivity contribution in [2.45, 2.75) is 0 Å². The highest BCUT2D eigenvalue weighted by atomic mass is 32.1. The fourth-order valence-corrected chi connectivity index (χ4v) is 1.76. The van der Waals surface area contributed by atoms with Crippen LogP contribution in [0.2, 0.25) is 0 Å². The summed E-state index contributed by atoms with van der Waals surface area (Å²) in [4.78, 5) is 12.1. The summed E-state index contributed by atoms with van der Waals surface area (Å²) in [6.45, 7) is 0. The summed E-state index contributed by atoms with van der Waals surface area (Å²) in [7, 11) is 0. The first-order chi connectivity index (χ1) is 9.49. The molecule has 0 atom stereocenters. The van der Waals surface area contributed by atoms with Crippen LogP contribution < -0.4 is 11.1 Å². The number of benzene rings is 2. The quantitative estimate of drug-likeness (QED) is 0.855. The van der Waals surface area contributed by atoms with E-state index in [9.17, 15) is 13.6 Å². The first kappa shape index (κ1) is 14.1. The zero-order valence-corrected chi connectivity index (χ0v) is 11.0. The zero-order valence-electron chi connectivity index (χ0n) is 10.2. The maximum Gasteiger partial charge on any atom is 0.261 e. The Balaban J connectivity index is 2.21. The van der Waals surface area contributed by atoms with Gasteiger partial charge in [-0.2, -0.15) is 0 Å². The molecule has 0 aliphatic rings. The average Bonchev–Trinajstić information content (AvgIpc) is 2.39. The summed E-state index contributed by atoms with van der Waals surface area (Å²) in [5.41, 5.74) is 5.84. The van der Waals surface area contributed by atoms with E-state index >= 15 is 0 Å². The van der Waals surface area contributed by atoms with E-state index < -0.39 is 23.1 Å². The number of halogens is 2. The van der Waals surface area contributed by atoms with Gasteiger partial charge in [0.05, 0.1) is 0 Å². The van der Waals surface area contributed by atoms with Gasteiger partial charge < -0.3 is 11.1 Å². The van der Waals surface area contributed by atoms with Crippen LogP contribution in [-0.4, -0.2) is 10.9 Å². The molecule has 2 rings (SSSR count). The second kappa shape index (κ2) is 5.75. The van der Waals surface area contributed by atoms with Crippen LogP contribution in [-0.2, 0) is 0 Å². The number of anilines is 1. The van der Waals surface area contributed by atoms with E-state index in [1.807, 2.05) is 0 Å². The second-order valence-corrected chi connectivity index (χ2v) is 4.43. The third-order valence-corrected chi connectivity index (χ3v) is 2.85. The monoisotopic (exact) mass is 292 g/mol. The van der Waals surface area contributed by atoms with E-state index in [-0.39, 0.29) is 4.99 Å². The van der Waals surface area contributed by atoms with Crippen LogP contribution in [0.1, 0.15) is 15.9 Å². The van der Waals surface area contributed by atoms with Crippen molar-refractivity contribution in [2.24, 2.45) is 5.73 Å². The molecule has 0 aromatic heterocycles. The van der Waals surface area contributed by atoms with Gasteiger partial charge in [0, 0.05) is 11.3 Å². The van der Waals surface area contributed by atoms with E-state index in [1.165, 1.54) is 6.07 Å². The molecule has 0 aliphatic heterocycles. The van der Waals surface area contributed by atoms with Crippen LogP contribution in [0.15, 0.2) is 42.5 Å². The van der Waals surface area contributed by atoms with Crippen molar-refractivity contribution in [3.63, 3.8) is 0 Å². The van der Waals surface area contributed by atoms with Crippen LogP contribution in [0.25, 0.3) is 0 Å². The molecule has 6 heteroatoms. The predicted octanol–water partition coefficient (Wildman–Crippen LogP) is 2.85. The largest absolute Gasteiger partial charge is 0.389 e. The lowest BCUT2D eigenvalue weighted by atomic mass is 10.1. The molecule has 0 aliphatic carbocycles. The van der Waals surface area contributed by atoms with Gasteiger partial charge in [0.25, 0.3) is 5.91 Å². The summed E-state index contributed by atoms with van der Waals surface area (Å²) in [5, 5.41) is 2.40. The molecule has 20 heavy (non-hydrogen) atoms. The van der Waals surface area contributed by atoms with Crippen molar-refractivity contribution in [3.05, 3.63) is 65.2 Å². The van der Waals surface area contributed by atoms with Gasteiger partial charge in [0.2, 0.25) is 0 Å². The van der Waals surface area contributed by atoms with Gasteiger partial charge in [-0.1, -0.05) is 18.3 Å². The molecule has 0 heterocycles. The number of nitrogens with one attached hydrogen (secondary N) is 1. The fraction of sp³-hybridized carbons (Fsp3) is 0. The Hall–Kier alpha value is -2.34. The Morgan fingerprint density at radius 3 is 2.10 bits per heavy atom. The van der Waals surface area contributed by atoms with E-state index in [0.29, 0.717) is 11.3 Å². The lowest BCUT2D eigenvalue weighted by Gasteiger charge is -2.07. The van der Waals surface area contributed by atoms with Crippen LogP contribution >= 0.6 is 12.2 Å². The molecule has 2 aromatic rings. The normalized spacial score (nSPS) is 10.1. The van der Waals surface area contributed by atoms with Crippen LogP contribution in [0.4, 0.5) is 14.5 Å². The Kier molecular flexibility index (Phi) is 4.05. The SMILES string of the molecule is NC(=S)c1ccc(NC(=O)c2c(F)cccc2F)cc1. The molecule has 0 spiro atoms. The summed E-state index contributed by atoms with van der Waals surface area (Å²) in [5.74, 6) is -2.69. The number of thiocarbonyl (C=S) groups is 1. The van der Waals surface area contributed by atoms with Crippen LogP contribution in [0, 0.1) is 11.6 Å². The van der Waals surface area contributed by atoms with Gasteiger partial charge in [-0.3, -0.25) is 4.79 Å². The first-order valence-corrected chi connectivity index (χ1v) is 6.05. The lowest BCUT2D eigenvalue weighted by Crippen LogP contribution is -2.16. The fourth-order valence-electron chi connectivity index (χ4n) is 1.63. The summed E-state index contributed by atoms with van der Waals surface area (Å²) < 4.78 is 26.9. The van der Waals surface area contributed by atoms with Crippen molar-refractivity contribution in [1.29, 1.82) is 0 Å². The predicted molar refractivity (Wildman–Crippen MR) is 76.6 cm³/mol. The second-order valence-electron chi connectivity index (χ2n) is 3.99. The molecule has 0 unspecified atom stereocenters. The third-order valence-electron chi connectivity index (χ3n) is 2.62. The van der Waals surface area contributed by atoms with E-state index in [4.69, 9.17) is 18.0 Å². The average molecular weight is 292 g/mol. The third kappa shape index (κ3) is 2.97. The van der Waals surface area contributed by atoms with Gasteiger partial charge in [0.15, 0.2) is 0 Å². The zero-order chi connectivity index (χ0) is 14.7. The molecule has 3 nitrogen and oxygen atoms in total. The number of nitrogens with two attached hydrogens (primary N) is 1. The summed E-state index contributed by atoms with van der Waals surface area (Å²) in [6, 6.07) is 9.54. The highest BCUT2D eigenvalue weighted by Gasteiger charge is 2.16. The standard InChI is InChI=1S/C14H10F2N2OS/c15-10-2-1-3-11(16)12(10)14(19)18-9-6-4-8(5-7-9)13(17)20/h1-7H,(H2,17,20)(H,18,19). The van der Waals surface area contributed by atoms with Crippen molar-refractivity contribution >= 4 is 28.8 Å². The van der Waals surface area contributed by atoms with Gasteiger partial charge >= 0.3 is 0 Å². The topological polar surface area (TPSA) is 55.1 Å². The molecule has 0 bridgehead atoms. The molecular formula is C14H10F2N2OS. The number of hydrogen-bond donors (Lipinski definition) is 2. The van der Waals surface area contributed by atoms with Gasteiger partial charge in [0.1, 0.15) is 22.2 Å². The van der Waals surface area contributed by atoms with Crippen molar-refractivity contribution < 1.29 is 13.6 Å². The molecule has 0 fully saturated rings. The number of carbonyl (C=O) groups excluding carboxylic acids is 1. The number of hydrogen-bond acceptors (Lipinski definition) is 2. The van der Waals surface area contributed by atoms with Crippen LogP contribution in [0.3, 0.4) is 0 Å². The minimum Gasteiger partial charge on any atom is -0.389 e.